The first kappa shape index (κ1) is 22.1. The van der Waals surface area contributed by atoms with Gasteiger partial charge in [0, 0.05) is 11.4 Å². The summed E-state index contributed by atoms with van der Waals surface area (Å²) in [6, 6.07) is 3.33. The van der Waals surface area contributed by atoms with E-state index in [9.17, 15) is 17.7 Å². The van der Waals surface area contributed by atoms with E-state index in [0.29, 0.717) is 5.56 Å². The first-order chi connectivity index (χ1) is 11.1. The minimum Gasteiger partial charge on any atom is -0.598 e. The van der Waals surface area contributed by atoms with Crippen LogP contribution in [-0.4, -0.2) is 17.4 Å². The smallest absolute Gasteiger partial charge is 0.416 e. The Morgan fingerprint density at radius 2 is 1.72 bits per heavy atom. The van der Waals surface area contributed by atoms with Gasteiger partial charge in [-0.05, 0) is 44.9 Å². The van der Waals surface area contributed by atoms with Crippen LogP contribution < -0.4 is 4.72 Å². The number of halogens is 3. The Labute approximate surface area is 152 Å². The number of hydrogen-bond acceptors (Lipinski definition) is 2. The molecule has 0 aromatic heterocycles. The van der Waals surface area contributed by atoms with Crippen LogP contribution in [0.25, 0.3) is 0 Å². The lowest BCUT2D eigenvalue weighted by Gasteiger charge is -2.27. The third-order valence-electron chi connectivity index (χ3n) is 3.36. The van der Waals surface area contributed by atoms with Gasteiger partial charge in [-0.25, -0.2) is 0 Å². The fraction of sp³-hybridized carbons (Fsp3) is 0.556. The monoisotopic (exact) mass is 389 g/mol. The van der Waals surface area contributed by atoms with Crippen LogP contribution in [0.5, 0.6) is 0 Å². The van der Waals surface area contributed by atoms with E-state index in [-0.39, 0.29) is 5.56 Å². The van der Waals surface area contributed by atoms with E-state index in [1.165, 1.54) is 13.0 Å². The molecule has 0 aliphatic heterocycles. The molecule has 0 amide bonds. The summed E-state index contributed by atoms with van der Waals surface area (Å²) in [6.07, 6.45) is -4.43. The SMILES string of the molecule is Cc1c(C(C#C[Si](C)(C)C)N[S@@+]([O-])C(C)(C)C)cccc1C(F)(F)F. The summed E-state index contributed by atoms with van der Waals surface area (Å²) in [6.45, 7) is 13.0. The van der Waals surface area contributed by atoms with Gasteiger partial charge in [-0.2, -0.15) is 13.2 Å². The fourth-order valence-corrected chi connectivity index (χ4v) is 3.35. The molecule has 0 fully saturated rings. The first-order valence-electron chi connectivity index (χ1n) is 8.00. The molecule has 0 aliphatic carbocycles. The molecule has 1 aromatic rings. The second kappa shape index (κ2) is 7.75. The summed E-state index contributed by atoms with van der Waals surface area (Å²) >= 11 is -1.45. The molecule has 0 bridgehead atoms. The van der Waals surface area contributed by atoms with Gasteiger partial charge in [0.05, 0.1) is 5.56 Å². The molecule has 0 saturated heterocycles. The van der Waals surface area contributed by atoms with E-state index in [1.807, 2.05) is 0 Å². The minimum atomic E-state index is -4.43. The second-order valence-corrected chi connectivity index (χ2v) is 14.7. The molecule has 0 saturated carbocycles. The summed E-state index contributed by atoms with van der Waals surface area (Å²) < 4.78 is 54.5. The zero-order chi connectivity index (χ0) is 19.6. The van der Waals surface area contributed by atoms with Crippen LogP contribution in [0.2, 0.25) is 19.6 Å². The Balaban J connectivity index is 3.40. The van der Waals surface area contributed by atoms with Crippen LogP contribution in [0, 0.1) is 18.4 Å². The van der Waals surface area contributed by atoms with Crippen LogP contribution in [0.4, 0.5) is 13.2 Å². The molecule has 25 heavy (non-hydrogen) atoms. The number of rotatable bonds is 3. The maximum absolute atomic E-state index is 13.2. The van der Waals surface area contributed by atoms with Crippen molar-refractivity contribution in [1.29, 1.82) is 0 Å². The number of nitrogens with one attached hydrogen (secondary N) is 1. The topological polar surface area (TPSA) is 35.1 Å². The molecule has 2 atom stereocenters. The third kappa shape index (κ3) is 6.70. The van der Waals surface area contributed by atoms with Crippen molar-refractivity contribution in [3.05, 3.63) is 34.9 Å². The lowest BCUT2D eigenvalue weighted by Crippen LogP contribution is -2.41. The standard InChI is InChI=1S/C18H26F3NOSSi/c1-13-14(9-8-10-15(13)18(19,20)21)16(11-12-25(5,6)7)22-24(23)17(2,3)4/h8-10,16,22H,1-7H3/t16?,24-/m0/s1. The highest BCUT2D eigenvalue weighted by molar-refractivity contribution is 7.90. The lowest BCUT2D eigenvalue weighted by molar-refractivity contribution is -0.138. The van der Waals surface area contributed by atoms with Gasteiger partial charge in [-0.1, -0.05) is 37.7 Å². The Morgan fingerprint density at radius 1 is 1.16 bits per heavy atom. The second-order valence-electron chi connectivity index (χ2n) is 7.97. The third-order valence-corrected chi connectivity index (χ3v) is 5.82. The molecule has 1 rings (SSSR count). The highest BCUT2D eigenvalue weighted by atomic mass is 32.2. The quantitative estimate of drug-likeness (QED) is 0.449. The van der Waals surface area contributed by atoms with E-state index in [1.54, 1.807) is 26.8 Å². The molecule has 0 aliphatic rings. The maximum Gasteiger partial charge on any atom is 0.416 e. The number of benzene rings is 1. The average molecular weight is 390 g/mol. The summed E-state index contributed by atoms with van der Waals surface area (Å²) in [7, 11) is -1.74. The number of alkyl halides is 3. The van der Waals surface area contributed by atoms with Crippen molar-refractivity contribution in [2.45, 2.75) is 64.3 Å². The summed E-state index contributed by atoms with van der Waals surface area (Å²) in [5.41, 5.74) is 3.02. The summed E-state index contributed by atoms with van der Waals surface area (Å²) in [5.74, 6) is 3.04. The molecule has 0 spiro atoms. The van der Waals surface area contributed by atoms with Crippen LogP contribution in [0.3, 0.4) is 0 Å². The largest absolute Gasteiger partial charge is 0.598 e. The van der Waals surface area contributed by atoms with Crippen molar-refractivity contribution < 1.29 is 17.7 Å². The van der Waals surface area contributed by atoms with E-state index < -0.39 is 42.0 Å². The summed E-state index contributed by atoms with van der Waals surface area (Å²) in [4.78, 5) is 0. The molecular formula is C18H26F3NOSSi. The lowest BCUT2D eigenvalue weighted by atomic mass is 9.97. The van der Waals surface area contributed by atoms with Gasteiger partial charge >= 0.3 is 6.18 Å². The highest BCUT2D eigenvalue weighted by Crippen LogP contribution is 2.35. The van der Waals surface area contributed by atoms with Crippen molar-refractivity contribution in [3.63, 3.8) is 0 Å². The predicted molar refractivity (Wildman–Crippen MR) is 101 cm³/mol. The van der Waals surface area contributed by atoms with Crippen molar-refractivity contribution >= 4 is 19.4 Å². The molecule has 0 heterocycles. The average Bonchev–Trinajstić information content (AvgIpc) is 2.40. The van der Waals surface area contributed by atoms with Gasteiger partial charge < -0.3 is 4.55 Å². The van der Waals surface area contributed by atoms with Crippen LogP contribution >= 0.6 is 0 Å². The van der Waals surface area contributed by atoms with Crippen molar-refractivity contribution in [3.8, 4) is 11.5 Å². The first-order valence-corrected chi connectivity index (χ1v) is 12.7. The van der Waals surface area contributed by atoms with Gasteiger partial charge in [-0.3, -0.25) is 0 Å². The molecule has 0 radical (unpaired) electrons. The zero-order valence-corrected chi connectivity index (χ0v) is 17.6. The molecule has 2 nitrogen and oxygen atoms in total. The van der Waals surface area contributed by atoms with Crippen molar-refractivity contribution in [2.75, 3.05) is 0 Å². The highest BCUT2D eigenvalue weighted by Gasteiger charge is 2.35. The Morgan fingerprint density at radius 3 is 2.16 bits per heavy atom. The normalized spacial score (nSPS) is 15.3. The molecular weight excluding hydrogens is 363 g/mol. The van der Waals surface area contributed by atoms with Gasteiger partial charge in [0.15, 0.2) is 0 Å². The van der Waals surface area contributed by atoms with Gasteiger partial charge in [0.25, 0.3) is 0 Å². The van der Waals surface area contributed by atoms with E-state index in [4.69, 9.17) is 0 Å². The van der Waals surface area contributed by atoms with Gasteiger partial charge in [0.2, 0.25) is 0 Å². The zero-order valence-electron chi connectivity index (χ0n) is 15.8. The molecule has 7 heteroatoms. The predicted octanol–water partition coefficient (Wildman–Crippen LogP) is 4.99. The van der Waals surface area contributed by atoms with Crippen molar-refractivity contribution in [1.82, 2.24) is 4.72 Å². The Kier molecular flexibility index (Phi) is 6.85. The fourth-order valence-electron chi connectivity index (χ4n) is 2.02. The van der Waals surface area contributed by atoms with Crippen LogP contribution in [0.15, 0.2) is 18.2 Å². The molecule has 1 aromatic carbocycles. The Bertz CT molecular complexity index is 666. The van der Waals surface area contributed by atoms with Gasteiger partial charge in [0.1, 0.15) is 18.9 Å². The molecule has 1 N–H and O–H groups in total. The van der Waals surface area contributed by atoms with E-state index in [2.05, 4.69) is 35.8 Å². The number of hydrogen-bond donors (Lipinski definition) is 1. The van der Waals surface area contributed by atoms with E-state index >= 15 is 0 Å². The van der Waals surface area contributed by atoms with Crippen LogP contribution in [-0.2, 0) is 17.5 Å². The molecule has 1 unspecified atom stereocenters. The molecule has 140 valence electrons. The van der Waals surface area contributed by atoms with Crippen LogP contribution in [0.1, 0.15) is 43.5 Å². The van der Waals surface area contributed by atoms with Crippen molar-refractivity contribution in [2.24, 2.45) is 0 Å². The van der Waals surface area contributed by atoms with Gasteiger partial charge in [-0.15, -0.1) is 10.3 Å². The minimum absolute atomic E-state index is 0.114. The van der Waals surface area contributed by atoms with E-state index in [0.717, 1.165) is 6.07 Å². The Hall–Kier alpha value is -0.943. The maximum atomic E-state index is 13.2. The summed E-state index contributed by atoms with van der Waals surface area (Å²) in [5, 5.41) is 0.